The van der Waals surface area contributed by atoms with E-state index in [2.05, 4.69) is 5.32 Å². The van der Waals surface area contributed by atoms with Crippen molar-refractivity contribution in [3.05, 3.63) is 87.9 Å². The summed E-state index contributed by atoms with van der Waals surface area (Å²) in [7, 11) is -2.65. The first-order valence-electron chi connectivity index (χ1n) is 14.3. The van der Waals surface area contributed by atoms with Crippen molar-refractivity contribution >= 4 is 50.7 Å². The Hall–Kier alpha value is -3.27. The van der Waals surface area contributed by atoms with Gasteiger partial charge in [0.15, 0.2) is 0 Å². The Labute approximate surface area is 264 Å². The van der Waals surface area contributed by atoms with Crippen LogP contribution in [0.3, 0.4) is 0 Å². The van der Waals surface area contributed by atoms with Crippen molar-refractivity contribution in [3.8, 4) is 5.75 Å². The molecule has 0 radical (unpaired) electrons. The molecule has 3 aromatic rings. The number of benzene rings is 3. The third-order valence-electron chi connectivity index (χ3n) is 7.71. The maximum atomic E-state index is 14.1. The molecule has 11 heteroatoms. The van der Waals surface area contributed by atoms with Gasteiger partial charge in [0.05, 0.1) is 27.7 Å². The molecule has 1 atom stereocenters. The molecule has 2 amide bonds. The van der Waals surface area contributed by atoms with Crippen molar-refractivity contribution in [2.45, 2.75) is 69.5 Å². The van der Waals surface area contributed by atoms with Crippen LogP contribution in [-0.2, 0) is 26.2 Å². The predicted molar refractivity (Wildman–Crippen MR) is 170 cm³/mol. The number of aryl methyl sites for hydroxylation is 1. The molecule has 1 aliphatic rings. The molecule has 0 spiro atoms. The fourth-order valence-electron chi connectivity index (χ4n) is 5.09. The summed E-state index contributed by atoms with van der Waals surface area (Å²) < 4.78 is 34.2. The highest BCUT2D eigenvalue weighted by molar-refractivity contribution is 7.92. The van der Waals surface area contributed by atoms with Crippen LogP contribution in [0, 0.1) is 6.92 Å². The number of nitrogens with one attached hydrogen (secondary N) is 1. The number of ether oxygens (including phenoxy) is 1. The lowest BCUT2D eigenvalue weighted by Crippen LogP contribution is -2.53. The molecule has 3 aromatic carbocycles. The predicted octanol–water partition coefficient (Wildman–Crippen LogP) is 6.37. The van der Waals surface area contributed by atoms with Crippen LogP contribution in [0.1, 0.15) is 50.2 Å². The lowest BCUT2D eigenvalue weighted by Gasteiger charge is -2.33. The Morgan fingerprint density at radius 2 is 1.60 bits per heavy atom. The molecule has 1 saturated carbocycles. The second kappa shape index (κ2) is 14.5. The molecule has 4 rings (SSSR count). The second-order valence-corrected chi connectivity index (χ2v) is 13.5. The summed E-state index contributed by atoms with van der Waals surface area (Å²) in [6, 6.07) is 17.1. The smallest absolute Gasteiger partial charge is 0.264 e. The highest BCUT2D eigenvalue weighted by atomic mass is 35.5. The molecular formula is C32H37Cl2N3O5S. The van der Waals surface area contributed by atoms with Crippen molar-refractivity contribution in [1.29, 1.82) is 0 Å². The molecule has 0 heterocycles. The first-order valence-corrected chi connectivity index (χ1v) is 16.5. The first kappa shape index (κ1) is 32.6. The van der Waals surface area contributed by atoms with E-state index in [1.165, 1.54) is 35.2 Å². The van der Waals surface area contributed by atoms with E-state index in [-0.39, 0.29) is 39.1 Å². The van der Waals surface area contributed by atoms with Crippen LogP contribution < -0.4 is 14.4 Å². The third kappa shape index (κ3) is 8.22. The van der Waals surface area contributed by atoms with E-state index in [0.717, 1.165) is 47.5 Å². The standard InChI is InChI=1S/C32H37Cl2N3O5S/c1-22-9-16-28(17-10-22)43(40,41)37(26-13-18-29(33)30(34)19-26)21-31(38)36(20-24-11-14-27(42-3)15-12-24)23(2)32(39)35-25-7-5-4-6-8-25/h9-19,23,25H,4-8,20-21H2,1-3H3,(H,35,39). The number of sulfonamides is 1. The summed E-state index contributed by atoms with van der Waals surface area (Å²) in [5, 5.41) is 3.49. The molecule has 8 nitrogen and oxygen atoms in total. The number of anilines is 1. The minimum absolute atomic E-state index is 0.0155. The van der Waals surface area contributed by atoms with E-state index >= 15 is 0 Å². The van der Waals surface area contributed by atoms with Crippen LogP contribution in [0.4, 0.5) is 5.69 Å². The minimum Gasteiger partial charge on any atom is -0.497 e. The van der Waals surface area contributed by atoms with Crippen molar-refractivity contribution in [1.82, 2.24) is 10.2 Å². The lowest BCUT2D eigenvalue weighted by atomic mass is 9.95. The quantitative estimate of drug-likeness (QED) is 0.261. The summed E-state index contributed by atoms with van der Waals surface area (Å²) in [6.07, 6.45) is 5.02. The zero-order chi connectivity index (χ0) is 31.1. The Morgan fingerprint density at radius 3 is 2.21 bits per heavy atom. The molecule has 0 aliphatic heterocycles. The number of rotatable bonds is 11. The second-order valence-electron chi connectivity index (χ2n) is 10.8. The van der Waals surface area contributed by atoms with E-state index in [0.29, 0.717) is 5.75 Å². The van der Waals surface area contributed by atoms with Crippen LogP contribution >= 0.6 is 23.2 Å². The number of methoxy groups -OCH3 is 1. The van der Waals surface area contributed by atoms with Crippen LogP contribution in [-0.4, -0.2) is 50.9 Å². The molecule has 1 N–H and O–H groups in total. The monoisotopic (exact) mass is 645 g/mol. The van der Waals surface area contributed by atoms with Gasteiger partial charge in [0, 0.05) is 12.6 Å². The molecule has 0 saturated heterocycles. The van der Waals surface area contributed by atoms with Gasteiger partial charge < -0.3 is 15.0 Å². The van der Waals surface area contributed by atoms with Gasteiger partial charge in [-0.2, -0.15) is 0 Å². The average molecular weight is 647 g/mol. The van der Waals surface area contributed by atoms with Gasteiger partial charge in [-0.15, -0.1) is 0 Å². The summed E-state index contributed by atoms with van der Waals surface area (Å²) in [5.74, 6) is -0.181. The molecule has 1 fully saturated rings. The number of halogens is 2. The van der Waals surface area contributed by atoms with Gasteiger partial charge >= 0.3 is 0 Å². The SMILES string of the molecule is COc1ccc(CN(C(=O)CN(c2ccc(Cl)c(Cl)c2)S(=O)(=O)c2ccc(C)cc2)C(C)C(=O)NC2CCCCC2)cc1. The summed E-state index contributed by atoms with van der Waals surface area (Å²) >= 11 is 12.4. The first-order chi connectivity index (χ1) is 20.5. The van der Waals surface area contributed by atoms with Crippen LogP contribution in [0.25, 0.3) is 0 Å². The molecular weight excluding hydrogens is 609 g/mol. The van der Waals surface area contributed by atoms with Crippen molar-refractivity contribution in [3.63, 3.8) is 0 Å². The molecule has 0 bridgehead atoms. The number of carbonyl (C=O) groups is 2. The number of hydrogen-bond acceptors (Lipinski definition) is 5. The largest absolute Gasteiger partial charge is 0.497 e. The lowest BCUT2D eigenvalue weighted by molar-refractivity contribution is -0.139. The molecule has 43 heavy (non-hydrogen) atoms. The van der Waals surface area contributed by atoms with Gasteiger partial charge in [-0.1, -0.05) is 72.3 Å². The van der Waals surface area contributed by atoms with Crippen LogP contribution in [0.15, 0.2) is 71.6 Å². The fourth-order valence-corrected chi connectivity index (χ4v) is 6.78. The Kier molecular flexibility index (Phi) is 11.0. The molecule has 1 aliphatic carbocycles. The fraction of sp³-hybridized carbons (Fsp3) is 0.375. The molecule has 1 unspecified atom stereocenters. The van der Waals surface area contributed by atoms with Crippen LogP contribution in [0.2, 0.25) is 10.0 Å². The number of nitrogens with zero attached hydrogens (tertiary/aromatic N) is 2. The highest BCUT2D eigenvalue weighted by Crippen LogP contribution is 2.31. The zero-order valence-electron chi connectivity index (χ0n) is 24.6. The van der Waals surface area contributed by atoms with E-state index < -0.39 is 28.5 Å². The van der Waals surface area contributed by atoms with Gasteiger partial charge in [0.1, 0.15) is 18.3 Å². The summed E-state index contributed by atoms with van der Waals surface area (Å²) in [6.45, 7) is 3.04. The number of carbonyl (C=O) groups excluding carboxylic acids is 2. The number of amides is 2. The minimum atomic E-state index is -4.21. The summed E-state index contributed by atoms with van der Waals surface area (Å²) in [4.78, 5) is 29.0. The van der Waals surface area contributed by atoms with Gasteiger partial charge in [-0.3, -0.25) is 13.9 Å². The Bertz CT molecular complexity index is 1530. The van der Waals surface area contributed by atoms with Crippen molar-refractivity contribution in [2.24, 2.45) is 0 Å². The zero-order valence-corrected chi connectivity index (χ0v) is 26.9. The van der Waals surface area contributed by atoms with Gasteiger partial charge in [0.2, 0.25) is 11.8 Å². The maximum absolute atomic E-state index is 14.1. The topological polar surface area (TPSA) is 96.0 Å². The average Bonchev–Trinajstić information content (AvgIpc) is 3.00. The van der Waals surface area contributed by atoms with Gasteiger partial charge in [-0.25, -0.2) is 8.42 Å². The Morgan fingerprint density at radius 1 is 0.953 bits per heavy atom. The highest BCUT2D eigenvalue weighted by Gasteiger charge is 2.33. The van der Waals surface area contributed by atoms with Crippen molar-refractivity contribution < 1.29 is 22.7 Å². The van der Waals surface area contributed by atoms with Gasteiger partial charge in [0.25, 0.3) is 10.0 Å². The molecule has 230 valence electrons. The summed E-state index contributed by atoms with van der Waals surface area (Å²) in [5.41, 5.74) is 1.82. The molecule has 0 aromatic heterocycles. The number of hydrogen-bond donors (Lipinski definition) is 1. The van der Waals surface area contributed by atoms with E-state index in [1.54, 1.807) is 38.3 Å². The van der Waals surface area contributed by atoms with E-state index in [4.69, 9.17) is 27.9 Å². The maximum Gasteiger partial charge on any atom is 0.264 e. The van der Waals surface area contributed by atoms with E-state index in [9.17, 15) is 18.0 Å². The van der Waals surface area contributed by atoms with Gasteiger partial charge in [-0.05, 0) is 74.7 Å². The van der Waals surface area contributed by atoms with Crippen LogP contribution in [0.5, 0.6) is 5.75 Å². The third-order valence-corrected chi connectivity index (χ3v) is 10.2. The normalized spacial score (nSPS) is 14.5. The van der Waals surface area contributed by atoms with Crippen molar-refractivity contribution in [2.75, 3.05) is 18.0 Å². The van der Waals surface area contributed by atoms with E-state index in [1.807, 2.05) is 19.1 Å². The Balaban J connectivity index is 1.69.